The van der Waals surface area contributed by atoms with Crippen molar-refractivity contribution in [2.45, 2.75) is 97.2 Å². The Balaban J connectivity index is 1.53. The Labute approximate surface area is 199 Å². The van der Waals surface area contributed by atoms with E-state index in [2.05, 4.69) is 31.9 Å². The standard InChI is InChI=1S/C26H46N4O3/c1-5-33-30(29-23(27)28)16-17(2)14-19-8-13-26(32)22-7-6-18-15-20(31)9-11-24(18,3)21(22)10-12-25(19,26)4/h14,18-22,31-32H,5-13,15-16H2,1-4H3,(H4,27,28,29)/b17-14+/t18-,19-,20+,21+,22-,24+,25-,26+/m1/s1. The van der Waals surface area contributed by atoms with E-state index < -0.39 is 5.60 Å². The third kappa shape index (κ3) is 4.19. The quantitative estimate of drug-likeness (QED) is 0.208. The zero-order valence-electron chi connectivity index (χ0n) is 21.1. The van der Waals surface area contributed by atoms with Crippen LogP contribution in [0, 0.1) is 34.5 Å². The van der Waals surface area contributed by atoms with Crippen LogP contribution >= 0.6 is 0 Å². The Bertz CT molecular complexity index is 783. The minimum absolute atomic E-state index is 0.0175. The van der Waals surface area contributed by atoms with Crippen LogP contribution in [0.4, 0.5) is 0 Å². The van der Waals surface area contributed by atoms with Crippen molar-refractivity contribution in [1.82, 2.24) is 5.17 Å². The average Bonchev–Trinajstić information content (AvgIpc) is 2.99. The van der Waals surface area contributed by atoms with Crippen LogP contribution in [0.2, 0.25) is 0 Å². The fourth-order valence-corrected chi connectivity index (χ4v) is 8.51. The molecule has 8 atom stereocenters. The lowest BCUT2D eigenvalue weighted by Gasteiger charge is -2.63. The number of aliphatic hydroxyl groups excluding tert-OH is 1. The molecule has 0 aromatic carbocycles. The predicted octanol–water partition coefficient (Wildman–Crippen LogP) is 3.51. The highest BCUT2D eigenvalue weighted by Crippen LogP contribution is 2.69. The Morgan fingerprint density at radius 3 is 2.55 bits per heavy atom. The lowest BCUT2D eigenvalue weighted by molar-refractivity contribution is -0.207. The van der Waals surface area contributed by atoms with Gasteiger partial charge in [0.15, 0.2) is 0 Å². The first-order valence-electron chi connectivity index (χ1n) is 13.1. The molecule has 0 spiro atoms. The molecule has 0 radical (unpaired) electrons. The van der Waals surface area contributed by atoms with Gasteiger partial charge in [-0.1, -0.05) is 25.5 Å². The highest BCUT2D eigenvalue weighted by molar-refractivity contribution is 5.75. The fourth-order valence-electron chi connectivity index (χ4n) is 8.51. The largest absolute Gasteiger partial charge is 0.393 e. The monoisotopic (exact) mass is 462 g/mol. The summed E-state index contributed by atoms with van der Waals surface area (Å²) < 4.78 is 0. The van der Waals surface area contributed by atoms with Crippen LogP contribution in [0.5, 0.6) is 0 Å². The summed E-state index contributed by atoms with van der Waals surface area (Å²) >= 11 is 0. The smallest absolute Gasteiger partial charge is 0.211 e. The van der Waals surface area contributed by atoms with Gasteiger partial charge in [-0.15, -0.1) is 5.10 Å². The second-order valence-corrected chi connectivity index (χ2v) is 11.9. The van der Waals surface area contributed by atoms with E-state index >= 15 is 0 Å². The molecule has 4 fully saturated rings. The number of hydrogen-bond donors (Lipinski definition) is 4. The lowest BCUT2D eigenvalue weighted by atomic mass is 9.43. The van der Waals surface area contributed by atoms with E-state index in [-0.39, 0.29) is 22.9 Å². The molecule has 7 nitrogen and oxygen atoms in total. The SMILES string of the molecule is CCON(C/C(C)=C/[C@H]1CC[C@]2(O)[C@@H]3CC[C@@H]4C[C@@H](O)CC[C@]4(C)[C@H]3CC[C@]12C)N=C(N)N. The van der Waals surface area contributed by atoms with Crippen LogP contribution < -0.4 is 11.5 Å². The van der Waals surface area contributed by atoms with Crippen molar-refractivity contribution in [2.75, 3.05) is 13.2 Å². The minimum atomic E-state index is -0.610. The van der Waals surface area contributed by atoms with Crippen LogP contribution in [-0.2, 0) is 4.84 Å². The number of hydrazone groups is 1. The van der Waals surface area contributed by atoms with E-state index in [1.165, 1.54) is 11.6 Å². The van der Waals surface area contributed by atoms with Crippen LogP contribution in [0.25, 0.3) is 0 Å². The van der Waals surface area contributed by atoms with Crippen molar-refractivity contribution in [2.24, 2.45) is 51.1 Å². The highest BCUT2D eigenvalue weighted by Gasteiger charge is 2.66. The second-order valence-electron chi connectivity index (χ2n) is 11.9. The molecule has 0 saturated heterocycles. The van der Waals surface area contributed by atoms with Crippen molar-refractivity contribution >= 4 is 5.96 Å². The van der Waals surface area contributed by atoms with E-state index in [0.29, 0.717) is 36.8 Å². The zero-order valence-corrected chi connectivity index (χ0v) is 21.1. The van der Waals surface area contributed by atoms with Gasteiger partial charge >= 0.3 is 0 Å². The average molecular weight is 463 g/mol. The van der Waals surface area contributed by atoms with Gasteiger partial charge in [-0.2, -0.15) is 5.17 Å². The molecule has 33 heavy (non-hydrogen) atoms. The number of nitrogens with two attached hydrogens (primary N) is 2. The zero-order chi connectivity index (χ0) is 24.0. The molecular formula is C26H46N4O3. The van der Waals surface area contributed by atoms with Crippen molar-refractivity contribution in [3.8, 4) is 0 Å². The molecular weight excluding hydrogens is 416 g/mol. The van der Waals surface area contributed by atoms with E-state index in [1.807, 2.05) is 6.92 Å². The molecule has 4 saturated carbocycles. The summed E-state index contributed by atoms with van der Waals surface area (Å²) in [6.07, 6.45) is 11.6. The summed E-state index contributed by atoms with van der Waals surface area (Å²) in [4.78, 5) is 5.56. The number of rotatable bonds is 6. The Morgan fingerprint density at radius 1 is 1.09 bits per heavy atom. The molecule has 7 heteroatoms. The fraction of sp³-hybridized carbons (Fsp3) is 0.885. The molecule has 0 unspecified atom stereocenters. The maximum absolute atomic E-state index is 12.3. The first-order chi connectivity index (χ1) is 15.5. The van der Waals surface area contributed by atoms with Gasteiger partial charge in [0.05, 0.1) is 24.9 Å². The molecule has 4 aliphatic rings. The van der Waals surface area contributed by atoms with Gasteiger partial charge in [0.2, 0.25) is 5.96 Å². The number of hydrogen-bond acceptors (Lipinski definition) is 5. The lowest BCUT2D eigenvalue weighted by Crippen LogP contribution is -2.62. The first-order valence-corrected chi connectivity index (χ1v) is 13.1. The Morgan fingerprint density at radius 2 is 1.85 bits per heavy atom. The number of allylic oxidation sites excluding steroid dienone is 1. The maximum Gasteiger partial charge on any atom is 0.211 e. The van der Waals surface area contributed by atoms with Crippen LogP contribution in [0.15, 0.2) is 16.8 Å². The van der Waals surface area contributed by atoms with Crippen molar-refractivity contribution in [3.63, 3.8) is 0 Å². The van der Waals surface area contributed by atoms with Gasteiger partial charge in [0, 0.05) is 5.41 Å². The summed E-state index contributed by atoms with van der Waals surface area (Å²) in [5.74, 6) is 1.87. The van der Waals surface area contributed by atoms with E-state index in [9.17, 15) is 10.2 Å². The summed E-state index contributed by atoms with van der Waals surface area (Å²) in [6, 6.07) is 0. The molecule has 0 heterocycles. The van der Waals surface area contributed by atoms with Crippen LogP contribution in [-0.4, -0.2) is 46.2 Å². The molecule has 0 aliphatic heterocycles. The summed E-state index contributed by atoms with van der Waals surface area (Å²) in [5, 5.41) is 28.1. The molecule has 0 aromatic rings. The van der Waals surface area contributed by atoms with Gasteiger partial charge in [0.25, 0.3) is 0 Å². The second kappa shape index (κ2) is 9.04. The normalized spacial score (nSPS) is 45.0. The van der Waals surface area contributed by atoms with E-state index in [4.69, 9.17) is 16.3 Å². The third-order valence-corrected chi connectivity index (χ3v) is 10.3. The van der Waals surface area contributed by atoms with E-state index in [0.717, 1.165) is 56.9 Å². The van der Waals surface area contributed by atoms with Crippen LogP contribution in [0.1, 0.15) is 85.5 Å². The van der Waals surface area contributed by atoms with Gasteiger partial charge < -0.3 is 21.7 Å². The number of guanidine groups is 1. The molecule has 0 aromatic heterocycles. The third-order valence-electron chi connectivity index (χ3n) is 10.3. The molecule has 188 valence electrons. The Hall–Kier alpha value is -1.31. The minimum Gasteiger partial charge on any atom is -0.393 e. The molecule has 0 bridgehead atoms. The number of fused-ring (bicyclic) bond motifs is 5. The van der Waals surface area contributed by atoms with Crippen molar-refractivity contribution in [1.29, 1.82) is 0 Å². The Kier molecular flexibility index (Phi) is 6.80. The summed E-state index contributed by atoms with van der Waals surface area (Å²) in [5.41, 5.74) is 11.8. The predicted molar refractivity (Wildman–Crippen MR) is 131 cm³/mol. The van der Waals surface area contributed by atoms with Crippen molar-refractivity contribution in [3.05, 3.63) is 11.6 Å². The molecule has 0 amide bonds. The van der Waals surface area contributed by atoms with Crippen molar-refractivity contribution < 1.29 is 15.1 Å². The van der Waals surface area contributed by atoms with Gasteiger partial charge in [-0.25, -0.2) is 0 Å². The molecule has 4 aliphatic carbocycles. The van der Waals surface area contributed by atoms with Gasteiger partial charge in [-0.3, -0.25) is 4.84 Å². The number of aliphatic hydroxyl groups is 2. The maximum atomic E-state index is 12.3. The highest BCUT2D eigenvalue weighted by atomic mass is 16.7. The van der Waals surface area contributed by atoms with Crippen LogP contribution in [0.3, 0.4) is 0 Å². The van der Waals surface area contributed by atoms with E-state index in [1.54, 1.807) is 0 Å². The summed E-state index contributed by atoms with van der Waals surface area (Å²) in [7, 11) is 0. The number of nitrogens with zero attached hydrogens (tertiary/aromatic N) is 2. The first kappa shape index (κ1) is 24.8. The number of hydroxylamine groups is 1. The molecule has 6 N–H and O–H groups in total. The van der Waals surface area contributed by atoms with Gasteiger partial charge in [-0.05, 0) is 101 Å². The summed E-state index contributed by atoms with van der Waals surface area (Å²) in [6.45, 7) is 9.80. The topological polar surface area (TPSA) is 117 Å². The van der Waals surface area contributed by atoms with Gasteiger partial charge in [0.1, 0.15) is 0 Å². The molecule has 4 rings (SSSR count).